The summed E-state index contributed by atoms with van der Waals surface area (Å²) < 4.78 is 2.16. The molecule has 2 heteroatoms. The zero-order valence-corrected chi connectivity index (χ0v) is 7.34. The molecular weight excluding hydrogens is 150 g/mol. The van der Waals surface area contributed by atoms with Gasteiger partial charge in [0.25, 0.3) is 0 Å². The van der Waals surface area contributed by atoms with Crippen molar-refractivity contribution in [2.75, 3.05) is 0 Å². The molecule has 1 aromatic heterocycles. The molecule has 2 nitrogen and oxygen atoms in total. The zero-order valence-electron chi connectivity index (χ0n) is 7.34. The Hall–Kier alpha value is -1.05. The summed E-state index contributed by atoms with van der Waals surface area (Å²) in [5.74, 6) is 0.183. The first-order valence-electron chi connectivity index (χ1n) is 4.48. The zero-order chi connectivity index (χ0) is 8.55. The molecule has 0 fully saturated rings. The molecular formula is C10H13NO. The van der Waals surface area contributed by atoms with Crippen LogP contribution in [0.25, 0.3) is 0 Å². The largest absolute Gasteiger partial charge is 0.342 e. The highest BCUT2D eigenvalue weighted by atomic mass is 16.1. The molecule has 0 saturated heterocycles. The van der Waals surface area contributed by atoms with Crippen LogP contribution in [0.4, 0.5) is 0 Å². The van der Waals surface area contributed by atoms with Gasteiger partial charge in [0.15, 0.2) is 5.78 Å². The van der Waals surface area contributed by atoms with Crippen LogP contribution in [0.2, 0.25) is 0 Å². The van der Waals surface area contributed by atoms with E-state index in [-0.39, 0.29) is 5.78 Å². The molecule has 0 saturated carbocycles. The number of ketones is 1. The molecule has 0 bridgehead atoms. The van der Waals surface area contributed by atoms with Gasteiger partial charge in [-0.1, -0.05) is 0 Å². The molecule has 0 amide bonds. The Bertz CT molecular complexity index is 312. The first-order chi connectivity index (χ1) is 5.79. The van der Waals surface area contributed by atoms with Crippen molar-refractivity contribution in [1.29, 1.82) is 0 Å². The lowest BCUT2D eigenvalue weighted by atomic mass is 10.1. The lowest BCUT2D eigenvalue weighted by Crippen LogP contribution is -2.14. The van der Waals surface area contributed by atoms with Gasteiger partial charge in [0.05, 0.1) is 5.69 Å². The molecule has 0 N–H and O–H groups in total. The number of fused-ring (bicyclic) bond motifs is 1. The number of rotatable bonds is 1. The van der Waals surface area contributed by atoms with Gasteiger partial charge in [-0.05, 0) is 31.4 Å². The molecule has 0 aliphatic carbocycles. The van der Waals surface area contributed by atoms with Crippen LogP contribution in [0.5, 0.6) is 0 Å². The molecule has 0 aromatic carbocycles. The molecule has 1 aliphatic heterocycles. The van der Waals surface area contributed by atoms with Gasteiger partial charge in [-0.15, -0.1) is 0 Å². The fourth-order valence-corrected chi connectivity index (χ4v) is 1.88. The number of hydrogen-bond acceptors (Lipinski definition) is 1. The van der Waals surface area contributed by atoms with Crippen molar-refractivity contribution in [2.24, 2.45) is 0 Å². The molecule has 0 spiro atoms. The molecule has 2 rings (SSSR count). The summed E-state index contributed by atoms with van der Waals surface area (Å²) in [6, 6.07) is 4.03. The number of aryl methyl sites for hydroxylation is 1. The summed E-state index contributed by atoms with van der Waals surface area (Å²) in [7, 11) is 0. The summed E-state index contributed by atoms with van der Waals surface area (Å²) in [5, 5.41) is 0. The van der Waals surface area contributed by atoms with Crippen LogP contribution in [0.3, 0.4) is 0 Å². The van der Waals surface area contributed by atoms with Crippen molar-refractivity contribution in [3.8, 4) is 0 Å². The van der Waals surface area contributed by atoms with E-state index in [9.17, 15) is 4.79 Å². The number of hydrogen-bond donors (Lipinski definition) is 0. The fraction of sp³-hybridized carbons (Fsp3) is 0.500. The minimum Gasteiger partial charge on any atom is -0.342 e. The van der Waals surface area contributed by atoms with E-state index in [4.69, 9.17) is 0 Å². The quantitative estimate of drug-likeness (QED) is 0.580. The van der Waals surface area contributed by atoms with Crippen molar-refractivity contribution in [2.45, 2.75) is 32.7 Å². The summed E-state index contributed by atoms with van der Waals surface area (Å²) in [6.07, 6.45) is 3.61. The maximum Gasteiger partial charge on any atom is 0.176 e. The van der Waals surface area contributed by atoms with Gasteiger partial charge < -0.3 is 4.57 Å². The Labute approximate surface area is 72.2 Å². The van der Waals surface area contributed by atoms with Gasteiger partial charge in [0.1, 0.15) is 0 Å². The van der Waals surface area contributed by atoms with E-state index in [1.807, 2.05) is 6.07 Å². The second-order valence-corrected chi connectivity index (χ2v) is 3.37. The van der Waals surface area contributed by atoms with Crippen molar-refractivity contribution in [1.82, 2.24) is 4.57 Å². The second-order valence-electron chi connectivity index (χ2n) is 3.37. The van der Waals surface area contributed by atoms with Crippen molar-refractivity contribution in [3.63, 3.8) is 0 Å². The molecule has 64 valence electrons. The first-order valence-corrected chi connectivity index (χ1v) is 4.48. The fourth-order valence-electron chi connectivity index (χ4n) is 1.88. The minimum absolute atomic E-state index is 0.183. The Balaban J connectivity index is 2.44. The van der Waals surface area contributed by atoms with Gasteiger partial charge in [-0.3, -0.25) is 4.79 Å². The highest BCUT2D eigenvalue weighted by Gasteiger charge is 2.14. The van der Waals surface area contributed by atoms with Crippen LogP contribution >= 0.6 is 0 Å². The summed E-state index contributed by atoms with van der Waals surface area (Å²) in [4.78, 5) is 11.2. The third-order valence-electron chi connectivity index (χ3n) is 2.50. The number of carbonyl (C=O) groups is 1. The number of carbonyl (C=O) groups excluding carboxylic acids is 1. The van der Waals surface area contributed by atoms with E-state index in [1.54, 1.807) is 6.92 Å². The van der Waals surface area contributed by atoms with E-state index < -0.39 is 0 Å². The van der Waals surface area contributed by atoms with Gasteiger partial charge in [0.2, 0.25) is 0 Å². The van der Waals surface area contributed by atoms with E-state index >= 15 is 0 Å². The Morgan fingerprint density at radius 1 is 1.42 bits per heavy atom. The lowest BCUT2D eigenvalue weighted by Gasteiger charge is -2.16. The number of Topliss-reactive ketones (excluding diaryl/α,β-unsaturated/α-hetero) is 1. The molecule has 12 heavy (non-hydrogen) atoms. The Morgan fingerprint density at radius 2 is 2.25 bits per heavy atom. The van der Waals surface area contributed by atoms with Crippen molar-refractivity contribution in [3.05, 3.63) is 23.5 Å². The predicted molar refractivity (Wildman–Crippen MR) is 47.4 cm³/mol. The van der Waals surface area contributed by atoms with Gasteiger partial charge >= 0.3 is 0 Å². The maximum atomic E-state index is 11.2. The molecule has 1 aliphatic rings. The highest BCUT2D eigenvalue weighted by Crippen LogP contribution is 2.18. The highest BCUT2D eigenvalue weighted by molar-refractivity contribution is 5.92. The smallest absolute Gasteiger partial charge is 0.176 e. The van der Waals surface area contributed by atoms with Crippen molar-refractivity contribution >= 4 is 5.78 Å². The van der Waals surface area contributed by atoms with Crippen LogP contribution in [0.1, 0.15) is 35.9 Å². The Morgan fingerprint density at radius 3 is 3.00 bits per heavy atom. The molecule has 0 radical (unpaired) electrons. The monoisotopic (exact) mass is 163 g/mol. The first kappa shape index (κ1) is 7.59. The third-order valence-corrected chi connectivity index (χ3v) is 2.50. The summed E-state index contributed by atoms with van der Waals surface area (Å²) >= 11 is 0. The number of aromatic nitrogens is 1. The number of nitrogens with zero attached hydrogens (tertiary/aromatic N) is 1. The van der Waals surface area contributed by atoms with Crippen LogP contribution in [0.15, 0.2) is 12.1 Å². The molecule has 0 atom stereocenters. The van der Waals surface area contributed by atoms with Crippen LogP contribution in [0, 0.1) is 0 Å². The van der Waals surface area contributed by atoms with Crippen molar-refractivity contribution < 1.29 is 4.79 Å². The van der Waals surface area contributed by atoms with E-state index in [0.717, 1.165) is 18.7 Å². The second kappa shape index (κ2) is 2.77. The van der Waals surface area contributed by atoms with Crippen LogP contribution in [-0.4, -0.2) is 10.4 Å². The topological polar surface area (TPSA) is 22.0 Å². The predicted octanol–water partition coefficient (Wildman–Crippen LogP) is 2.03. The summed E-state index contributed by atoms with van der Waals surface area (Å²) in [5.41, 5.74) is 2.20. The van der Waals surface area contributed by atoms with Gasteiger partial charge in [0, 0.05) is 19.2 Å². The van der Waals surface area contributed by atoms with Crippen LogP contribution in [-0.2, 0) is 13.0 Å². The minimum atomic E-state index is 0.183. The molecule has 2 heterocycles. The lowest BCUT2D eigenvalue weighted by molar-refractivity contribution is 0.100. The average molecular weight is 163 g/mol. The standard InChI is InChI=1S/C10H13NO/c1-8(12)10-6-5-9-4-2-3-7-11(9)10/h5-6H,2-4,7H2,1H3. The molecule has 0 unspecified atom stereocenters. The van der Waals surface area contributed by atoms with E-state index in [2.05, 4.69) is 10.6 Å². The normalized spacial score (nSPS) is 15.8. The third kappa shape index (κ3) is 1.07. The maximum absolute atomic E-state index is 11.2. The average Bonchev–Trinajstić information content (AvgIpc) is 2.47. The van der Waals surface area contributed by atoms with Gasteiger partial charge in [-0.25, -0.2) is 0 Å². The Kier molecular flexibility index (Phi) is 1.75. The molecule has 1 aromatic rings. The summed E-state index contributed by atoms with van der Waals surface area (Å²) in [6.45, 7) is 2.66. The van der Waals surface area contributed by atoms with Crippen LogP contribution < -0.4 is 0 Å². The van der Waals surface area contributed by atoms with E-state index in [0.29, 0.717) is 0 Å². The van der Waals surface area contributed by atoms with E-state index in [1.165, 1.54) is 18.5 Å². The SMILES string of the molecule is CC(=O)c1ccc2n1CCCC2. The van der Waals surface area contributed by atoms with Gasteiger partial charge in [-0.2, -0.15) is 0 Å².